The third kappa shape index (κ3) is 2.30. The molecule has 4 heteroatoms. The lowest BCUT2D eigenvalue weighted by molar-refractivity contribution is 0.174. The van der Waals surface area contributed by atoms with Gasteiger partial charge in [-0.25, -0.2) is 0 Å². The van der Waals surface area contributed by atoms with Crippen molar-refractivity contribution in [2.45, 2.75) is 6.04 Å². The van der Waals surface area contributed by atoms with Crippen LogP contribution in [0.4, 0.5) is 5.69 Å². The Kier molecular flexibility index (Phi) is 3.48. The fraction of sp³-hybridized carbons (Fsp3) is 0.250. The van der Waals surface area contributed by atoms with Gasteiger partial charge in [0.2, 0.25) is 6.79 Å². The van der Waals surface area contributed by atoms with E-state index >= 15 is 0 Å². The zero-order chi connectivity index (χ0) is 13.9. The fourth-order valence-corrected chi connectivity index (χ4v) is 2.48. The summed E-state index contributed by atoms with van der Waals surface area (Å²) < 4.78 is 10.8. The molecule has 0 amide bonds. The van der Waals surface area contributed by atoms with E-state index in [9.17, 15) is 0 Å². The summed E-state index contributed by atoms with van der Waals surface area (Å²) >= 11 is 0. The van der Waals surface area contributed by atoms with Crippen LogP contribution < -0.4 is 20.1 Å². The number of anilines is 1. The molecule has 0 saturated heterocycles. The van der Waals surface area contributed by atoms with Gasteiger partial charge in [0.25, 0.3) is 0 Å². The Hall–Kier alpha value is -2.20. The number of benzene rings is 2. The molecule has 1 heterocycles. The summed E-state index contributed by atoms with van der Waals surface area (Å²) in [4.78, 5) is 2.18. The molecule has 104 valence electrons. The highest BCUT2D eigenvalue weighted by atomic mass is 16.7. The second-order valence-electron chi connectivity index (χ2n) is 4.81. The quantitative estimate of drug-likeness (QED) is 0.927. The lowest BCUT2D eigenvalue weighted by atomic mass is 10.0. The Morgan fingerprint density at radius 1 is 1.10 bits per heavy atom. The van der Waals surface area contributed by atoms with Crippen LogP contribution in [0.3, 0.4) is 0 Å². The van der Waals surface area contributed by atoms with Crippen molar-refractivity contribution in [2.75, 3.05) is 25.3 Å². The van der Waals surface area contributed by atoms with Crippen molar-refractivity contribution in [3.8, 4) is 11.5 Å². The monoisotopic (exact) mass is 270 g/mol. The molecule has 3 rings (SSSR count). The van der Waals surface area contributed by atoms with Crippen molar-refractivity contribution in [1.29, 1.82) is 0 Å². The highest BCUT2D eigenvalue weighted by Crippen LogP contribution is 2.35. The minimum atomic E-state index is 0.104. The molecule has 1 aliphatic heterocycles. The van der Waals surface area contributed by atoms with Gasteiger partial charge >= 0.3 is 0 Å². The largest absolute Gasteiger partial charge is 0.454 e. The molecule has 0 saturated carbocycles. The van der Waals surface area contributed by atoms with Crippen molar-refractivity contribution < 1.29 is 9.47 Å². The van der Waals surface area contributed by atoms with Crippen LogP contribution in [0.5, 0.6) is 11.5 Å². The Morgan fingerprint density at radius 2 is 1.85 bits per heavy atom. The number of likely N-dealkylation sites (N-methyl/N-ethyl adjacent to an activating group) is 1. The van der Waals surface area contributed by atoms with Gasteiger partial charge in [-0.3, -0.25) is 0 Å². The lowest BCUT2D eigenvalue weighted by Crippen LogP contribution is -2.30. The van der Waals surface area contributed by atoms with Gasteiger partial charge in [-0.1, -0.05) is 24.3 Å². The van der Waals surface area contributed by atoms with E-state index in [1.807, 2.05) is 36.4 Å². The SMILES string of the molecule is CN(c1ccccc1)C(CN)c1ccc2c(c1)OCO2. The van der Waals surface area contributed by atoms with Crippen LogP contribution in [0.1, 0.15) is 11.6 Å². The molecule has 20 heavy (non-hydrogen) atoms. The maximum absolute atomic E-state index is 5.97. The van der Waals surface area contributed by atoms with Gasteiger partial charge < -0.3 is 20.1 Å². The normalized spacial score (nSPS) is 14.1. The Labute approximate surface area is 118 Å². The van der Waals surface area contributed by atoms with Crippen molar-refractivity contribution in [2.24, 2.45) is 5.73 Å². The molecular formula is C16H18N2O2. The van der Waals surface area contributed by atoms with E-state index < -0.39 is 0 Å². The van der Waals surface area contributed by atoms with Crippen LogP contribution in [-0.2, 0) is 0 Å². The van der Waals surface area contributed by atoms with Gasteiger partial charge in [-0.2, -0.15) is 0 Å². The summed E-state index contributed by atoms with van der Waals surface area (Å²) in [5.41, 5.74) is 8.24. The van der Waals surface area contributed by atoms with E-state index in [0.717, 1.165) is 22.7 Å². The maximum atomic E-state index is 5.97. The first kappa shape index (κ1) is 12.8. The molecule has 0 radical (unpaired) electrons. The van der Waals surface area contributed by atoms with E-state index in [1.165, 1.54) is 0 Å². The fourth-order valence-electron chi connectivity index (χ4n) is 2.48. The summed E-state index contributed by atoms with van der Waals surface area (Å²) in [6, 6.07) is 16.3. The summed E-state index contributed by atoms with van der Waals surface area (Å²) in [6.45, 7) is 0.825. The number of rotatable bonds is 4. The molecule has 1 aliphatic rings. The van der Waals surface area contributed by atoms with Crippen LogP contribution >= 0.6 is 0 Å². The second kappa shape index (κ2) is 5.43. The zero-order valence-electron chi connectivity index (χ0n) is 11.5. The molecule has 0 aliphatic carbocycles. The number of ether oxygens (including phenoxy) is 2. The van der Waals surface area contributed by atoms with Gasteiger partial charge in [-0.15, -0.1) is 0 Å². The smallest absolute Gasteiger partial charge is 0.231 e. The predicted octanol–water partition coefficient (Wildman–Crippen LogP) is 2.55. The molecule has 0 fully saturated rings. The number of nitrogens with zero attached hydrogens (tertiary/aromatic N) is 1. The molecule has 4 nitrogen and oxygen atoms in total. The molecule has 1 atom stereocenters. The lowest BCUT2D eigenvalue weighted by Gasteiger charge is -2.29. The van der Waals surface area contributed by atoms with E-state index in [1.54, 1.807) is 0 Å². The van der Waals surface area contributed by atoms with Gasteiger partial charge in [0.1, 0.15) is 0 Å². The Morgan fingerprint density at radius 3 is 2.60 bits per heavy atom. The minimum absolute atomic E-state index is 0.104. The number of hydrogen-bond acceptors (Lipinski definition) is 4. The van der Waals surface area contributed by atoms with Crippen LogP contribution in [0.25, 0.3) is 0 Å². The van der Waals surface area contributed by atoms with Crippen LogP contribution in [0.2, 0.25) is 0 Å². The van der Waals surface area contributed by atoms with Gasteiger partial charge in [0, 0.05) is 19.3 Å². The standard InChI is InChI=1S/C16H18N2O2/c1-18(13-5-3-2-4-6-13)14(10-17)12-7-8-15-16(9-12)20-11-19-15/h2-9,14H,10-11,17H2,1H3. The summed E-state index contributed by atoms with van der Waals surface area (Å²) in [6.07, 6.45) is 0. The predicted molar refractivity (Wildman–Crippen MR) is 79.2 cm³/mol. The van der Waals surface area contributed by atoms with Crippen molar-refractivity contribution in [3.63, 3.8) is 0 Å². The minimum Gasteiger partial charge on any atom is -0.454 e. The molecule has 0 spiro atoms. The highest BCUT2D eigenvalue weighted by molar-refractivity contribution is 5.51. The van der Waals surface area contributed by atoms with E-state index in [0.29, 0.717) is 13.3 Å². The highest BCUT2D eigenvalue weighted by Gasteiger charge is 2.20. The molecule has 2 aromatic carbocycles. The average molecular weight is 270 g/mol. The Bertz CT molecular complexity index is 586. The molecule has 0 aromatic heterocycles. The van der Waals surface area contributed by atoms with Crippen LogP contribution in [0.15, 0.2) is 48.5 Å². The van der Waals surface area contributed by atoms with Crippen LogP contribution in [0, 0.1) is 0 Å². The van der Waals surface area contributed by atoms with Gasteiger partial charge in [0.15, 0.2) is 11.5 Å². The number of fused-ring (bicyclic) bond motifs is 1. The molecule has 1 unspecified atom stereocenters. The molecular weight excluding hydrogens is 252 g/mol. The number of para-hydroxylation sites is 1. The number of nitrogens with two attached hydrogens (primary N) is 1. The summed E-state index contributed by atoms with van der Waals surface area (Å²) in [5.74, 6) is 1.59. The van der Waals surface area contributed by atoms with Gasteiger partial charge in [-0.05, 0) is 29.8 Å². The first-order chi connectivity index (χ1) is 9.79. The van der Waals surface area contributed by atoms with E-state index in [2.05, 4.69) is 24.1 Å². The first-order valence-electron chi connectivity index (χ1n) is 6.67. The maximum Gasteiger partial charge on any atom is 0.231 e. The molecule has 0 bridgehead atoms. The molecule has 2 aromatic rings. The van der Waals surface area contributed by atoms with Crippen molar-refractivity contribution in [3.05, 3.63) is 54.1 Å². The summed E-state index contributed by atoms with van der Waals surface area (Å²) in [5, 5.41) is 0. The van der Waals surface area contributed by atoms with Crippen LogP contribution in [-0.4, -0.2) is 20.4 Å². The zero-order valence-corrected chi connectivity index (χ0v) is 11.5. The third-order valence-electron chi connectivity index (χ3n) is 3.64. The second-order valence-corrected chi connectivity index (χ2v) is 4.81. The number of hydrogen-bond donors (Lipinski definition) is 1. The van der Waals surface area contributed by atoms with E-state index in [-0.39, 0.29) is 6.04 Å². The van der Waals surface area contributed by atoms with Gasteiger partial charge in [0.05, 0.1) is 6.04 Å². The average Bonchev–Trinajstić information content (AvgIpc) is 2.96. The van der Waals surface area contributed by atoms with Crippen molar-refractivity contribution in [1.82, 2.24) is 0 Å². The third-order valence-corrected chi connectivity index (χ3v) is 3.64. The van der Waals surface area contributed by atoms with Crippen molar-refractivity contribution >= 4 is 5.69 Å². The topological polar surface area (TPSA) is 47.7 Å². The first-order valence-corrected chi connectivity index (χ1v) is 6.67. The summed E-state index contributed by atoms with van der Waals surface area (Å²) in [7, 11) is 2.05. The Balaban J connectivity index is 1.90. The molecule has 2 N–H and O–H groups in total. The van der Waals surface area contributed by atoms with E-state index in [4.69, 9.17) is 15.2 Å².